The van der Waals surface area contributed by atoms with E-state index >= 15 is 0 Å². The van der Waals surface area contributed by atoms with Gasteiger partial charge >= 0.3 is 11.9 Å². The summed E-state index contributed by atoms with van der Waals surface area (Å²) in [5.41, 5.74) is 0.486. The first-order chi connectivity index (χ1) is 17.5. The molecule has 0 aromatic heterocycles. The van der Waals surface area contributed by atoms with Crippen LogP contribution in [-0.4, -0.2) is 50.4 Å². The van der Waals surface area contributed by atoms with Crippen LogP contribution in [0.5, 0.6) is 0 Å². The van der Waals surface area contributed by atoms with E-state index in [0.717, 1.165) is 12.8 Å². The molecule has 198 valence electrons. The molecular formula is C29H40O7. The maximum atomic E-state index is 12.8. The third-order valence-electron chi connectivity index (χ3n) is 6.22. The predicted molar refractivity (Wildman–Crippen MR) is 137 cm³/mol. The van der Waals surface area contributed by atoms with Crippen molar-refractivity contribution in [3.63, 3.8) is 0 Å². The summed E-state index contributed by atoms with van der Waals surface area (Å²) in [4.78, 5) is 36.5. The Morgan fingerprint density at radius 1 is 1.03 bits per heavy atom. The highest BCUT2D eigenvalue weighted by Crippen LogP contribution is 2.33. The van der Waals surface area contributed by atoms with Crippen LogP contribution in [-0.2, 0) is 28.5 Å². The molecule has 0 spiro atoms. The topological polar surface area (TPSA) is 88.1 Å². The highest BCUT2D eigenvalue weighted by atomic mass is 16.7. The summed E-state index contributed by atoms with van der Waals surface area (Å²) in [6.07, 6.45) is 12.4. The van der Waals surface area contributed by atoms with E-state index in [-0.39, 0.29) is 30.5 Å². The molecule has 0 saturated carbocycles. The lowest BCUT2D eigenvalue weighted by Gasteiger charge is -2.39. The number of carbonyl (C=O) groups is 3. The smallest absolute Gasteiger partial charge is 0.338 e. The minimum atomic E-state index is -0.563. The average molecular weight is 501 g/mol. The molecule has 0 amide bonds. The first-order valence-electron chi connectivity index (χ1n) is 12.9. The molecule has 0 aliphatic carbocycles. The second-order valence-electron chi connectivity index (χ2n) is 8.93. The SMILES string of the molecule is CCCCC/C=C\C[C@@H]1[C@@H](/C=C/C(=O)CCCC(=O)OC)O[C@H](OC)C[C@H]1OC(=O)c1ccccc1. The Bertz CT molecular complexity index is 862. The summed E-state index contributed by atoms with van der Waals surface area (Å²) in [6.45, 7) is 2.18. The van der Waals surface area contributed by atoms with Crippen LogP contribution in [0.2, 0.25) is 0 Å². The van der Waals surface area contributed by atoms with Crippen LogP contribution in [0.15, 0.2) is 54.6 Å². The first-order valence-corrected chi connectivity index (χ1v) is 12.9. The van der Waals surface area contributed by atoms with Gasteiger partial charge in [0.05, 0.1) is 18.8 Å². The number of benzene rings is 1. The van der Waals surface area contributed by atoms with Gasteiger partial charge in [-0.2, -0.15) is 0 Å². The molecule has 0 radical (unpaired) electrons. The third-order valence-corrected chi connectivity index (χ3v) is 6.22. The number of unbranched alkanes of at least 4 members (excludes halogenated alkanes) is 3. The van der Waals surface area contributed by atoms with E-state index in [9.17, 15) is 14.4 Å². The molecule has 1 aliphatic rings. The number of esters is 2. The van der Waals surface area contributed by atoms with E-state index in [1.54, 1.807) is 37.5 Å². The van der Waals surface area contributed by atoms with Gasteiger partial charge in [-0.1, -0.05) is 56.2 Å². The summed E-state index contributed by atoms with van der Waals surface area (Å²) in [6, 6.07) is 8.89. The van der Waals surface area contributed by atoms with Gasteiger partial charge in [-0.25, -0.2) is 4.79 Å². The van der Waals surface area contributed by atoms with Crippen molar-refractivity contribution in [1.29, 1.82) is 0 Å². The fourth-order valence-electron chi connectivity index (χ4n) is 4.13. The largest absolute Gasteiger partial charge is 0.469 e. The molecule has 1 fully saturated rings. The second kappa shape index (κ2) is 16.8. The molecule has 36 heavy (non-hydrogen) atoms. The Kier molecular flexibility index (Phi) is 13.8. The van der Waals surface area contributed by atoms with Gasteiger partial charge in [0.2, 0.25) is 0 Å². The van der Waals surface area contributed by atoms with Crippen LogP contribution in [0.1, 0.15) is 75.1 Å². The van der Waals surface area contributed by atoms with E-state index in [1.165, 1.54) is 26.0 Å². The van der Waals surface area contributed by atoms with Gasteiger partial charge in [0.25, 0.3) is 0 Å². The maximum absolute atomic E-state index is 12.8. The summed E-state index contributed by atoms with van der Waals surface area (Å²) in [5.74, 6) is -1.01. The van der Waals surface area contributed by atoms with Crippen LogP contribution in [0.4, 0.5) is 0 Å². The molecule has 1 aliphatic heterocycles. The Labute approximate surface area is 214 Å². The Morgan fingerprint density at radius 3 is 2.50 bits per heavy atom. The van der Waals surface area contributed by atoms with Gasteiger partial charge in [0.15, 0.2) is 12.1 Å². The maximum Gasteiger partial charge on any atom is 0.338 e. The fraction of sp³-hybridized carbons (Fsp3) is 0.552. The van der Waals surface area contributed by atoms with Crippen molar-refractivity contribution >= 4 is 17.7 Å². The van der Waals surface area contributed by atoms with Crippen LogP contribution < -0.4 is 0 Å². The zero-order valence-corrected chi connectivity index (χ0v) is 21.7. The lowest BCUT2D eigenvalue weighted by molar-refractivity contribution is -0.213. The molecule has 7 heteroatoms. The molecule has 1 aromatic carbocycles. The zero-order chi connectivity index (χ0) is 26.2. The van der Waals surface area contributed by atoms with E-state index in [0.29, 0.717) is 24.8 Å². The Morgan fingerprint density at radius 2 is 1.81 bits per heavy atom. The monoisotopic (exact) mass is 500 g/mol. The van der Waals surface area contributed by atoms with Crippen molar-refractivity contribution in [2.45, 2.75) is 83.2 Å². The summed E-state index contributed by atoms with van der Waals surface area (Å²) >= 11 is 0. The van der Waals surface area contributed by atoms with Gasteiger partial charge in [-0.15, -0.1) is 0 Å². The van der Waals surface area contributed by atoms with Crippen molar-refractivity contribution in [2.24, 2.45) is 5.92 Å². The Hall–Kier alpha value is -2.77. The molecule has 4 atom stereocenters. The molecule has 1 heterocycles. The average Bonchev–Trinajstić information content (AvgIpc) is 2.90. The molecule has 7 nitrogen and oxygen atoms in total. The van der Waals surface area contributed by atoms with Crippen molar-refractivity contribution in [3.8, 4) is 0 Å². The molecule has 2 rings (SSSR count). The first kappa shape index (κ1) is 29.5. The fourth-order valence-corrected chi connectivity index (χ4v) is 4.13. The summed E-state index contributed by atoms with van der Waals surface area (Å²) < 4.78 is 22.2. The van der Waals surface area contributed by atoms with E-state index in [2.05, 4.69) is 23.8 Å². The van der Waals surface area contributed by atoms with Crippen molar-refractivity contribution in [2.75, 3.05) is 14.2 Å². The predicted octanol–water partition coefficient (Wildman–Crippen LogP) is 5.58. The molecule has 0 N–H and O–H groups in total. The molecule has 0 bridgehead atoms. The minimum Gasteiger partial charge on any atom is -0.469 e. The van der Waals surface area contributed by atoms with Crippen LogP contribution in [0.25, 0.3) is 0 Å². The summed E-state index contributed by atoms with van der Waals surface area (Å²) in [5, 5.41) is 0. The van der Waals surface area contributed by atoms with Crippen LogP contribution in [0.3, 0.4) is 0 Å². The molecular weight excluding hydrogens is 460 g/mol. The van der Waals surface area contributed by atoms with E-state index < -0.39 is 24.5 Å². The van der Waals surface area contributed by atoms with Gasteiger partial charge in [0, 0.05) is 32.3 Å². The number of carbonyl (C=O) groups excluding carboxylic acids is 3. The standard InChI is InChI=1S/C29H40O7/c1-4-5-6-7-8-12-17-24-25(20-19-23(30)16-13-18-27(31)33-2)35-28(34-3)21-26(24)36-29(32)22-14-10-9-11-15-22/h8-12,14-15,19-20,24-26,28H,4-7,13,16-18,21H2,1-3H3/b12-8-,20-19+/t24-,25-,26-,28+/m1/s1. The van der Waals surface area contributed by atoms with Crippen LogP contribution in [0, 0.1) is 5.92 Å². The van der Waals surface area contributed by atoms with Crippen molar-refractivity contribution in [3.05, 3.63) is 60.2 Å². The molecule has 1 saturated heterocycles. The lowest BCUT2D eigenvalue weighted by atomic mass is 9.86. The number of rotatable bonds is 15. The van der Waals surface area contributed by atoms with Crippen molar-refractivity contribution in [1.82, 2.24) is 0 Å². The van der Waals surface area contributed by atoms with Crippen molar-refractivity contribution < 1.29 is 33.3 Å². The number of ether oxygens (including phenoxy) is 4. The summed E-state index contributed by atoms with van der Waals surface area (Å²) in [7, 11) is 2.88. The quantitative estimate of drug-likeness (QED) is 0.134. The second-order valence-corrected chi connectivity index (χ2v) is 8.93. The van der Waals surface area contributed by atoms with E-state index in [4.69, 9.17) is 14.2 Å². The number of hydrogen-bond acceptors (Lipinski definition) is 7. The van der Waals surface area contributed by atoms with E-state index in [1.807, 2.05) is 6.07 Å². The number of hydrogen-bond donors (Lipinski definition) is 0. The highest BCUT2D eigenvalue weighted by Gasteiger charge is 2.39. The zero-order valence-electron chi connectivity index (χ0n) is 21.7. The highest BCUT2D eigenvalue weighted by molar-refractivity contribution is 5.90. The molecule has 0 unspecified atom stereocenters. The Balaban J connectivity index is 2.13. The normalized spacial score (nSPS) is 22.1. The van der Waals surface area contributed by atoms with Gasteiger partial charge in [0.1, 0.15) is 6.10 Å². The van der Waals surface area contributed by atoms with Gasteiger partial charge in [-0.3, -0.25) is 9.59 Å². The lowest BCUT2D eigenvalue weighted by Crippen LogP contribution is -2.46. The third kappa shape index (κ3) is 10.5. The van der Waals surface area contributed by atoms with Crippen LogP contribution >= 0.6 is 0 Å². The van der Waals surface area contributed by atoms with Gasteiger partial charge < -0.3 is 18.9 Å². The minimum absolute atomic E-state index is 0.103. The molecule has 1 aromatic rings. The number of allylic oxidation sites excluding steroid dienone is 3. The number of ketones is 1. The van der Waals surface area contributed by atoms with Gasteiger partial charge in [-0.05, 0) is 43.9 Å². The number of methoxy groups -OCH3 is 2.